The molecule has 6 aromatic rings. The van der Waals surface area contributed by atoms with Gasteiger partial charge in [-0.15, -0.1) is 0 Å². The number of esters is 1. The molecule has 2 saturated heterocycles. The molecule has 0 radical (unpaired) electrons. The van der Waals surface area contributed by atoms with E-state index in [9.17, 15) is 55.4 Å². The highest BCUT2D eigenvalue weighted by Crippen LogP contribution is 2.42. The van der Waals surface area contributed by atoms with Crippen LogP contribution in [0.3, 0.4) is 0 Å². The fourth-order valence-corrected chi connectivity index (χ4v) is 9.61. The van der Waals surface area contributed by atoms with Gasteiger partial charge in [-0.3, -0.25) is 37.8 Å². The van der Waals surface area contributed by atoms with E-state index in [1.54, 1.807) is 20.8 Å². The van der Waals surface area contributed by atoms with Gasteiger partial charge in [-0.05, 0) is 108 Å². The third-order valence-corrected chi connectivity index (χ3v) is 13.1. The van der Waals surface area contributed by atoms with Crippen LogP contribution in [0.5, 0.6) is 11.5 Å². The van der Waals surface area contributed by atoms with E-state index in [4.69, 9.17) is 44.4 Å². The number of carbonyl (C=O) groups excluding carboxylic acids is 3. The van der Waals surface area contributed by atoms with Gasteiger partial charge in [-0.2, -0.15) is 36.9 Å². The minimum atomic E-state index is -4.89. The molecule has 0 unspecified atom stereocenters. The van der Waals surface area contributed by atoms with Crippen molar-refractivity contribution in [2.75, 3.05) is 32.8 Å². The number of aromatic hydroxyl groups is 1. The number of pyridine rings is 2. The molecule has 6 heterocycles. The largest absolute Gasteiger partial charge is 0.502 e. The van der Waals surface area contributed by atoms with Crippen LogP contribution in [0.1, 0.15) is 82.1 Å². The predicted molar refractivity (Wildman–Crippen MR) is 271 cm³/mol. The van der Waals surface area contributed by atoms with Crippen molar-refractivity contribution in [3.63, 3.8) is 0 Å². The number of hydrogen-bond donors (Lipinski definition) is 1. The Kier molecular flexibility index (Phi) is 15.2. The predicted octanol–water partition coefficient (Wildman–Crippen LogP) is 8.05. The lowest BCUT2D eigenvalue weighted by Gasteiger charge is -2.29. The Morgan fingerprint density at radius 2 is 1.08 bits per heavy atom. The maximum atomic E-state index is 15.4. The molecule has 78 heavy (non-hydrogen) atoms. The molecule has 2 aliphatic heterocycles. The molecule has 2 fully saturated rings. The lowest BCUT2D eigenvalue weighted by molar-refractivity contribution is -0.145. The minimum Gasteiger partial charge on any atom is -0.502 e. The number of halogens is 8. The molecule has 2 amide bonds. The third kappa shape index (κ3) is 9.87. The molecule has 8 rings (SSSR count). The van der Waals surface area contributed by atoms with Gasteiger partial charge in [0.25, 0.3) is 17.4 Å². The highest BCUT2D eigenvalue weighted by molar-refractivity contribution is 7.81. The Hall–Kier alpha value is -8.63. The smallest absolute Gasteiger partial charge is 0.417 e. The lowest BCUT2D eigenvalue weighted by atomic mass is 10.0. The van der Waals surface area contributed by atoms with Crippen molar-refractivity contribution in [3.05, 3.63) is 127 Å². The normalized spacial score (nSPS) is 15.2. The van der Waals surface area contributed by atoms with Crippen molar-refractivity contribution in [2.24, 2.45) is 0 Å². The third-order valence-electron chi connectivity index (χ3n) is 12.3. The number of hydrogen-bond acceptors (Lipinski definition) is 14. The van der Waals surface area contributed by atoms with Crippen molar-refractivity contribution in [1.82, 2.24) is 18.8 Å². The minimum absolute atomic E-state index is 0.00584. The Labute approximate surface area is 446 Å². The molecule has 0 saturated carbocycles. The van der Waals surface area contributed by atoms with Crippen LogP contribution in [0.4, 0.5) is 57.9 Å². The Bertz CT molecular complexity index is 3770. The number of aromatic nitrogens is 4. The van der Waals surface area contributed by atoms with Gasteiger partial charge in [-0.1, -0.05) is 13.8 Å². The highest BCUT2D eigenvalue weighted by Gasteiger charge is 2.53. The second-order valence-corrected chi connectivity index (χ2v) is 18.7. The number of anilines is 4. The second-order valence-electron chi connectivity index (χ2n) is 18.0. The summed E-state index contributed by atoms with van der Waals surface area (Å²) in [5.41, 5.74) is -9.89. The van der Waals surface area contributed by atoms with Gasteiger partial charge in [0.15, 0.2) is 39.8 Å². The van der Waals surface area contributed by atoms with Crippen molar-refractivity contribution in [1.29, 1.82) is 10.5 Å². The number of ether oxygens (including phenoxy) is 2. The summed E-state index contributed by atoms with van der Waals surface area (Å²) in [7, 11) is 0. The fraction of sp³-hybridized carbons (Fsp3) is 0.300. The molecule has 406 valence electrons. The molecule has 4 aromatic heterocycles. The number of benzene rings is 2. The van der Waals surface area contributed by atoms with Gasteiger partial charge in [0.05, 0.1) is 75.1 Å². The van der Waals surface area contributed by atoms with Crippen LogP contribution < -0.4 is 35.5 Å². The fourth-order valence-electron chi connectivity index (χ4n) is 8.56. The second kappa shape index (κ2) is 20.7. The summed E-state index contributed by atoms with van der Waals surface area (Å²) in [6.45, 7) is 10.1. The average molecular weight is 1130 g/mol. The summed E-state index contributed by atoms with van der Waals surface area (Å²) >= 11 is 10.9. The van der Waals surface area contributed by atoms with E-state index in [2.05, 4.69) is 9.97 Å². The number of carbonyl (C=O) groups is 3. The van der Waals surface area contributed by atoms with E-state index >= 15 is 8.78 Å². The Morgan fingerprint density at radius 1 is 0.667 bits per heavy atom. The number of nitriles is 2. The molecular weight excluding hydrogens is 1080 g/mol. The highest BCUT2D eigenvalue weighted by atomic mass is 32.1. The van der Waals surface area contributed by atoms with Crippen molar-refractivity contribution >= 4 is 86.5 Å². The van der Waals surface area contributed by atoms with Crippen LogP contribution in [-0.4, -0.2) is 76.2 Å². The summed E-state index contributed by atoms with van der Waals surface area (Å²) in [4.78, 5) is 76.9. The standard InChI is InChI=1S/C27H23F4N5O5S.C23H17F4N5O3S/c1-5-19-21(41-13-20(37)40-6-2)23(38)34-12-16(10-18(28)22(34)33-19)36-25(42)35(24(39)26(36,3)4)15-8-7-14(11-32)17(9-15)27(29,30)31;1-4-16-17(33)19(34)30-10-13(8-15(24)18(30)29-16)32-21(36)31(20(35)22(32,2)3)12-6-5-11(9-28)14(7-12)23(25,26)27/h7-10,12H,5-6,13H2,1-4H3;5-8,10,33H,4H2,1-3H3. The van der Waals surface area contributed by atoms with E-state index in [1.165, 1.54) is 49.6 Å². The summed E-state index contributed by atoms with van der Waals surface area (Å²) in [6, 6.07) is 10.3. The molecule has 28 heteroatoms. The number of alkyl halides is 6. The summed E-state index contributed by atoms with van der Waals surface area (Å²) in [5, 5.41) is 27.7. The van der Waals surface area contributed by atoms with Crippen LogP contribution in [0.15, 0.2) is 70.5 Å². The monoisotopic (exact) mass is 1120 g/mol. The molecule has 18 nitrogen and oxygen atoms in total. The van der Waals surface area contributed by atoms with Crippen molar-refractivity contribution in [2.45, 2.75) is 84.7 Å². The molecule has 2 aliphatic rings. The number of fused-ring (bicyclic) bond motifs is 2. The van der Waals surface area contributed by atoms with Gasteiger partial charge in [0.1, 0.15) is 11.1 Å². The Morgan fingerprint density at radius 3 is 1.46 bits per heavy atom. The number of rotatable bonds is 10. The van der Waals surface area contributed by atoms with Gasteiger partial charge >= 0.3 is 23.9 Å². The molecule has 0 spiro atoms. The molecular formula is C50H40F8N10O8S2. The van der Waals surface area contributed by atoms with Crippen LogP contribution in [-0.2, 0) is 44.3 Å². The SMILES string of the molecule is CCOC(=O)COc1c(CC)nc2c(F)cc(N3C(=S)N(c4ccc(C#N)c(C(F)(F)F)c4)C(=O)C3(C)C)cn2c1=O.CCc1nc2c(F)cc(N3C(=S)N(c4ccc(C#N)c(C(F)(F)F)c4)C(=O)C3(C)C)cn2c(=O)c1O. The molecule has 0 aliphatic carbocycles. The zero-order chi connectivity index (χ0) is 57.9. The van der Waals surface area contributed by atoms with E-state index in [0.29, 0.717) is 12.1 Å². The summed E-state index contributed by atoms with van der Waals surface area (Å²) < 4.78 is 124. The number of amides is 2. The van der Waals surface area contributed by atoms with Crippen molar-refractivity contribution < 1.29 is 64.1 Å². The number of nitrogens with zero attached hydrogens (tertiary/aromatic N) is 10. The Balaban J connectivity index is 0.000000229. The van der Waals surface area contributed by atoms with Gasteiger partial charge in [-0.25, -0.2) is 23.5 Å². The first-order valence-corrected chi connectivity index (χ1v) is 23.8. The summed E-state index contributed by atoms with van der Waals surface area (Å²) in [5.74, 6) is -5.07. The molecule has 1 N–H and O–H groups in total. The first-order chi connectivity index (χ1) is 36.4. The van der Waals surface area contributed by atoms with Crippen LogP contribution in [0.25, 0.3) is 11.3 Å². The zero-order valence-electron chi connectivity index (χ0n) is 41.7. The summed E-state index contributed by atoms with van der Waals surface area (Å²) in [6.07, 6.45) is -7.11. The first-order valence-electron chi connectivity index (χ1n) is 23.0. The molecule has 2 aromatic carbocycles. The van der Waals surface area contributed by atoms with Crippen LogP contribution in [0.2, 0.25) is 0 Å². The van der Waals surface area contributed by atoms with E-state index in [1.807, 2.05) is 0 Å². The zero-order valence-corrected chi connectivity index (χ0v) is 43.4. The number of thiocarbonyl (C=S) groups is 2. The van der Waals surface area contributed by atoms with Crippen LogP contribution >= 0.6 is 24.4 Å². The molecule has 0 bridgehead atoms. The quantitative estimate of drug-likeness (QED) is 0.0779. The van der Waals surface area contributed by atoms with Gasteiger partial charge < -0.3 is 24.4 Å². The maximum absolute atomic E-state index is 15.4. The van der Waals surface area contributed by atoms with Gasteiger partial charge in [0.2, 0.25) is 11.5 Å². The molecule has 0 atom stereocenters. The number of aryl methyl sites for hydroxylation is 2. The topological polar surface area (TPSA) is 219 Å². The average Bonchev–Trinajstić information content (AvgIpc) is 3.89. The van der Waals surface area contributed by atoms with Crippen LogP contribution in [0, 0.1) is 34.3 Å². The first kappa shape index (κ1) is 57.1. The van der Waals surface area contributed by atoms with E-state index in [0.717, 1.165) is 67.4 Å². The van der Waals surface area contributed by atoms with Gasteiger partial charge in [0, 0.05) is 24.5 Å². The lowest BCUT2D eigenvalue weighted by Crippen LogP contribution is -2.44. The van der Waals surface area contributed by atoms with Crippen molar-refractivity contribution in [3.8, 4) is 23.6 Å². The maximum Gasteiger partial charge on any atom is 0.417 e. The van der Waals surface area contributed by atoms with E-state index in [-0.39, 0.29) is 80.9 Å². The van der Waals surface area contributed by atoms with E-state index < -0.39 is 98.6 Å².